The Labute approximate surface area is 117 Å². The second-order valence-electron chi connectivity index (χ2n) is 5.16. The summed E-state index contributed by atoms with van der Waals surface area (Å²) >= 11 is 0. The lowest BCUT2D eigenvalue weighted by molar-refractivity contribution is 0.169. The van der Waals surface area contributed by atoms with E-state index in [9.17, 15) is 5.11 Å². The molecule has 0 aromatic carbocycles. The lowest BCUT2D eigenvalue weighted by Gasteiger charge is -2.26. The smallest absolute Gasteiger partial charge is 0.0957 e. The lowest BCUT2D eigenvalue weighted by atomic mass is 10.2. The fraction of sp³-hybridized carbons (Fsp3) is 0.667. The highest BCUT2D eigenvalue weighted by molar-refractivity contribution is 5.44. The molecule has 1 N–H and O–H groups in total. The number of hydrogen-bond acceptors (Lipinski definition) is 4. The topological polar surface area (TPSA) is 39.6 Å². The van der Waals surface area contributed by atoms with Crippen molar-refractivity contribution in [3.8, 4) is 0 Å². The first-order valence-corrected chi connectivity index (χ1v) is 7.12. The summed E-state index contributed by atoms with van der Waals surface area (Å²) in [6.45, 7) is 7.20. The second-order valence-corrected chi connectivity index (χ2v) is 5.16. The van der Waals surface area contributed by atoms with Gasteiger partial charge in [0.2, 0.25) is 0 Å². The van der Waals surface area contributed by atoms with Crippen molar-refractivity contribution in [1.29, 1.82) is 0 Å². The van der Waals surface area contributed by atoms with Crippen molar-refractivity contribution in [1.82, 2.24) is 9.88 Å². The van der Waals surface area contributed by atoms with Gasteiger partial charge in [-0.15, -0.1) is 0 Å². The van der Waals surface area contributed by atoms with Crippen LogP contribution in [0.15, 0.2) is 18.3 Å². The van der Waals surface area contributed by atoms with Gasteiger partial charge in [0.05, 0.1) is 23.7 Å². The molecule has 0 saturated heterocycles. The first-order valence-electron chi connectivity index (χ1n) is 7.12. The van der Waals surface area contributed by atoms with Crippen LogP contribution in [-0.4, -0.2) is 48.7 Å². The third-order valence-corrected chi connectivity index (χ3v) is 3.17. The summed E-state index contributed by atoms with van der Waals surface area (Å²) in [6.07, 6.45) is 3.24. The van der Waals surface area contributed by atoms with E-state index in [4.69, 9.17) is 0 Å². The number of hydrogen-bond donors (Lipinski definition) is 1. The van der Waals surface area contributed by atoms with Crippen LogP contribution in [0.3, 0.4) is 0 Å². The van der Waals surface area contributed by atoms with Crippen molar-refractivity contribution in [3.05, 3.63) is 24.0 Å². The standard InChI is InChI=1S/C15H27N3O/c1-5-9-18(11-10-17(3)4)13-7-8-14(16-12-13)15(19)6-2/h7-8,12,15,19H,5-6,9-11H2,1-4H3/t15-/m1/s1. The Bertz CT molecular complexity index is 351. The van der Waals surface area contributed by atoms with E-state index in [2.05, 4.69) is 41.9 Å². The van der Waals surface area contributed by atoms with Crippen molar-refractivity contribution >= 4 is 5.69 Å². The summed E-state index contributed by atoms with van der Waals surface area (Å²) in [5.41, 5.74) is 1.89. The number of rotatable bonds is 8. The fourth-order valence-corrected chi connectivity index (χ4v) is 1.95. The number of nitrogens with zero attached hydrogens (tertiary/aromatic N) is 3. The molecule has 0 spiro atoms. The fourth-order valence-electron chi connectivity index (χ4n) is 1.95. The minimum absolute atomic E-state index is 0.449. The van der Waals surface area contributed by atoms with Crippen LogP contribution in [0.5, 0.6) is 0 Å². The first kappa shape index (κ1) is 15.9. The molecule has 108 valence electrons. The molecule has 0 amide bonds. The van der Waals surface area contributed by atoms with E-state index in [-0.39, 0.29) is 0 Å². The van der Waals surface area contributed by atoms with Crippen molar-refractivity contribution in [3.63, 3.8) is 0 Å². The quantitative estimate of drug-likeness (QED) is 0.783. The SMILES string of the molecule is CCCN(CCN(C)C)c1ccc([C@H](O)CC)nc1. The van der Waals surface area contributed by atoms with Gasteiger partial charge in [0, 0.05) is 19.6 Å². The summed E-state index contributed by atoms with van der Waals surface area (Å²) in [7, 11) is 4.17. The predicted octanol–water partition coefficient (Wildman–Crippen LogP) is 2.30. The average Bonchev–Trinajstić information content (AvgIpc) is 2.42. The minimum atomic E-state index is -0.449. The van der Waals surface area contributed by atoms with Crippen LogP contribution in [0.1, 0.15) is 38.5 Å². The molecule has 0 aliphatic rings. The van der Waals surface area contributed by atoms with Gasteiger partial charge >= 0.3 is 0 Å². The third-order valence-electron chi connectivity index (χ3n) is 3.17. The van der Waals surface area contributed by atoms with Crippen LogP contribution in [0.25, 0.3) is 0 Å². The largest absolute Gasteiger partial charge is 0.387 e. The van der Waals surface area contributed by atoms with Crippen molar-refractivity contribution in [2.45, 2.75) is 32.8 Å². The Balaban J connectivity index is 2.73. The zero-order chi connectivity index (χ0) is 14.3. The lowest BCUT2D eigenvalue weighted by Crippen LogP contribution is -2.32. The third kappa shape index (κ3) is 5.17. The highest BCUT2D eigenvalue weighted by Gasteiger charge is 2.09. The molecule has 1 aromatic rings. The second kappa shape index (κ2) is 8.12. The van der Waals surface area contributed by atoms with Gasteiger partial charge in [-0.3, -0.25) is 4.98 Å². The van der Waals surface area contributed by atoms with E-state index < -0.39 is 6.10 Å². The summed E-state index contributed by atoms with van der Waals surface area (Å²) < 4.78 is 0. The van der Waals surface area contributed by atoms with E-state index in [1.807, 2.05) is 19.2 Å². The van der Waals surface area contributed by atoms with E-state index >= 15 is 0 Å². The normalized spacial score (nSPS) is 12.7. The number of pyridine rings is 1. The van der Waals surface area contributed by atoms with Crippen LogP contribution >= 0.6 is 0 Å². The van der Waals surface area contributed by atoms with E-state index in [0.717, 1.165) is 37.4 Å². The van der Waals surface area contributed by atoms with Gasteiger partial charge in [0.1, 0.15) is 0 Å². The van der Waals surface area contributed by atoms with Gasteiger partial charge in [0.15, 0.2) is 0 Å². The molecule has 4 nitrogen and oxygen atoms in total. The molecule has 1 aromatic heterocycles. The molecule has 0 unspecified atom stereocenters. The molecule has 0 fully saturated rings. The number of likely N-dealkylation sites (N-methyl/N-ethyl adjacent to an activating group) is 1. The molecule has 1 atom stereocenters. The Morgan fingerprint density at radius 2 is 1.89 bits per heavy atom. The van der Waals surface area contributed by atoms with Gasteiger partial charge in [0.25, 0.3) is 0 Å². The van der Waals surface area contributed by atoms with Crippen molar-refractivity contribution in [2.75, 3.05) is 38.6 Å². The molecular formula is C15H27N3O. The highest BCUT2D eigenvalue weighted by atomic mass is 16.3. The van der Waals surface area contributed by atoms with E-state index in [0.29, 0.717) is 6.42 Å². The Kier molecular flexibility index (Phi) is 6.81. The van der Waals surface area contributed by atoms with Gasteiger partial charge in [-0.2, -0.15) is 0 Å². The van der Waals surface area contributed by atoms with Gasteiger partial charge in [-0.25, -0.2) is 0 Å². The van der Waals surface area contributed by atoms with Crippen LogP contribution in [-0.2, 0) is 0 Å². The molecular weight excluding hydrogens is 238 g/mol. The molecule has 0 aliphatic heterocycles. The maximum absolute atomic E-state index is 9.76. The maximum Gasteiger partial charge on any atom is 0.0957 e. The molecule has 0 radical (unpaired) electrons. The molecule has 0 aliphatic carbocycles. The van der Waals surface area contributed by atoms with Crippen LogP contribution in [0.4, 0.5) is 5.69 Å². The molecule has 0 saturated carbocycles. The number of anilines is 1. The molecule has 1 rings (SSSR count). The Hall–Kier alpha value is -1.13. The number of aromatic nitrogens is 1. The van der Waals surface area contributed by atoms with E-state index in [1.165, 1.54) is 0 Å². The summed E-state index contributed by atoms with van der Waals surface area (Å²) in [6, 6.07) is 3.99. The Morgan fingerprint density at radius 1 is 1.16 bits per heavy atom. The summed E-state index contributed by atoms with van der Waals surface area (Å²) in [4.78, 5) is 8.90. The van der Waals surface area contributed by atoms with E-state index in [1.54, 1.807) is 0 Å². The molecule has 19 heavy (non-hydrogen) atoms. The Morgan fingerprint density at radius 3 is 2.37 bits per heavy atom. The van der Waals surface area contributed by atoms with Crippen LogP contribution in [0.2, 0.25) is 0 Å². The zero-order valence-corrected chi connectivity index (χ0v) is 12.6. The first-order chi connectivity index (χ1) is 9.08. The summed E-state index contributed by atoms with van der Waals surface area (Å²) in [5.74, 6) is 0. The number of aliphatic hydroxyl groups excluding tert-OH is 1. The molecule has 1 heterocycles. The minimum Gasteiger partial charge on any atom is -0.387 e. The maximum atomic E-state index is 9.76. The van der Waals surface area contributed by atoms with Crippen LogP contribution < -0.4 is 4.90 Å². The van der Waals surface area contributed by atoms with Gasteiger partial charge < -0.3 is 14.9 Å². The molecule has 4 heteroatoms. The van der Waals surface area contributed by atoms with Crippen molar-refractivity contribution < 1.29 is 5.11 Å². The number of aliphatic hydroxyl groups is 1. The summed E-state index contributed by atoms with van der Waals surface area (Å²) in [5, 5.41) is 9.76. The predicted molar refractivity (Wildman–Crippen MR) is 80.5 cm³/mol. The van der Waals surface area contributed by atoms with Gasteiger partial charge in [-0.1, -0.05) is 13.8 Å². The van der Waals surface area contributed by atoms with Gasteiger partial charge in [-0.05, 0) is 39.1 Å². The highest BCUT2D eigenvalue weighted by Crippen LogP contribution is 2.18. The van der Waals surface area contributed by atoms with Crippen LogP contribution in [0, 0.1) is 0 Å². The van der Waals surface area contributed by atoms with Crippen molar-refractivity contribution in [2.24, 2.45) is 0 Å². The zero-order valence-electron chi connectivity index (χ0n) is 12.6. The monoisotopic (exact) mass is 265 g/mol. The average molecular weight is 265 g/mol. The molecule has 0 bridgehead atoms.